The third-order valence-electron chi connectivity index (χ3n) is 6.16. The lowest BCUT2D eigenvalue weighted by atomic mass is 9.77. The standard InChI is InChI=1S/C21H29NO4/c1-26-15-21(20(24)25)11-12-22(14-21)19(23)13-16-7-9-18(10-8-16)17-5-3-2-4-6-17/h2-6,16,18H,7-15H2,1H3,(H,24,25)/t16?,18?,21-/m1/s1. The van der Waals surface area contributed by atoms with E-state index in [2.05, 4.69) is 24.3 Å². The van der Waals surface area contributed by atoms with E-state index in [1.54, 1.807) is 4.90 Å². The van der Waals surface area contributed by atoms with Gasteiger partial charge >= 0.3 is 5.97 Å². The van der Waals surface area contributed by atoms with Crippen LogP contribution in [-0.2, 0) is 14.3 Å². The fourth-order valence-corrected chi connectivity index (χ4v) is 4.52. The van der Waals surface area contributed by atoms with Crippen LogP contribution < -0.4 is 0 Å². The molecule has 0 aromatic heterocycles. The van der Waals surface area contributed by atoms with Crippen LogP contribution in [0.25, 0.3) is 0 Å². The van der Waals surface area contributed by atoms with Crippen molar-refractivity contribution in [3.63, 3.8) is 0 Å². The zero-order valence-corrected chi connectivity index (χ0v) is 15.5. The summed E-state index contributed by atoms with van der Waals surface area (Å²) in [6.07, 6.45) is 5.42. The van der Waals surface area contributed by atoms with Crippen molar-refractivity contribution in [2.24, 2.45) is 11.3 Å². The van der Waals surface area contributed by atoms with Gasteiger partial charge < -0.3 is 14.7 Å². The zero-order chi connectivity index (χ0) is 18.6. The van der Waals surface area contributed by atoms with Gasteiger partial charge in [-0.25, -0.2) is 0 Å². The van der Waals surface area contributed by atoms with Gasteiger partial charge in [-0.2, -0.15) is 0 Å². The van der Waals surface area contributed by atoms with Gasteiger partial charge in [0.05, 0.1) is 6.61 Å². The molecule has 1 amide bonds. The molecule has 0 radical (unpaired) electrons. The van der Waals surface area contributed by atoms with Crippen LogP contribution in [0.3, 0.4) is 0 Å². The summed E-state index contributed by atoms with van der Waals surface area (Å²) in [7, 11) is 1.51. The van der Waals surface area contributed by atoms with Gasteiger partial charge in [0.1, 0.15) is 5.41 Å². The number of nitrogens with zero attached hydrogens (tertiary/aromatic N) is 1. The Balaban J connectivity index is 1.50. The second-order valence-corrected chi connectivity index (χ2v) is 7.92. The minimum atomic E-state index is -0.935. The summed E-state index contributed by atoms with van der Waals surface area (Å²) in [5.74, 6) is 0.269. The number of hydrogen-bond acceptors (Lipinski definition) is 3. The zero-order valence-electron chi connectivity index (χ0n) is 15.5. The molecule has 5 heteroatoms. The highest BCUT2D eigenvalue weighted by Crippen LogP contribution is 2.38. The number of hydrogen-bond donors (Lipinski definition) is 1. The number of rotatable bonds is 6. The molecule has 1 saturated heterocycles. The number of ether oxygens (including phenoxy) is 1. The van der Waals surface area contributed by atoms with E-state index in [0.717, 1.165) is 25.7 Å². The van der Waals surface area contributed by atoms with Crippen molar-refractivity contribution in [3.05, 3.63) is 35.9 Å². The molecule has 1 aliphatic carbocycles. The monoisotopic (exact) mass is 359 g/mol. The number of methoxy groups -OCH3 is 1. The van der Waals surface area contributed by atoms with E-state index < -0.39 is 11.4 Å². The molecule has 1 heterocycles. The minimum Gasteiger partial charge on any atom is -0.481 e. The third-order valence-corrected chi connectivity index (χ3v) is 6.16. The Morgan fingerprint density at radius 1 is 1.19 bits per heavy atom. The SMILES string of the molecule is COC[C@@]1(C(=O)O)CCN(C(=O)CC2CCC(c3ccccc3)CC2)C1. The molecule has 2 fully saturated rings. The number of amides is 1. The van der Waals surface area contributed by atoms with Gasteiger partial charge in [-0.3, -0.25) is 9.59 Å². The molecule has 0 bridgehead atoms. The molecule has 1 aromatic rings. The first-order valence-electron chi connectivity index (χ1n) is 9.59. The van der Waals surface area contributed by atoms with E-state index in [0.29, 0.717) is 31.2 Å². The summed E-state index contributed by atoms with van der Waals surface area (Å²) in [6.45, 7) is 0.955. The highest BCUT2D eigenvalue weighted by molar-refractivity contribution is 5.81. The maximum atomic E-state index is 12.7. The highest BCUT2D eigenvalue weighted by Gasteiger charge is 2.46. The lowest BCUT2D eigenvalue weighted by Crippen LogP contribution is -2.40. The van der Waals surface area contributed by atoms with Gasteiger partial charge in [0, 0.05) is 26.6 Å². The van der Waals surface area contributed by atoms with Gasteiger partial charge in [0.2, 0.25) is 5.91 Å². The normalized spacial score (nSPS) is 28.9. The average Bonchev–Trinajstić information content (AvgIpc) is 3.09. The molecular weight excluding hydrogens is 330 g/mol. The fraction of sp³-hybridized carbons (Fsp3) is 0.619. The van der Waals surface area contributed by atoms with Crippen molar-refractivity contribution < 1.29 is 19.4 Å². The number of benzene rings is 1. The van der Waals surface area contributed by atoms with Gasteiger partial charge in [-0.1, -0.05) is 30.3 Å². The maximum absolute atomic E-state index is 12.7. The van der Waals surface area contributed by atoms with Gasteiger partial charge in [-0.05, 0) is 49.5 Å². The van der Waals surface area contributed by atoms with Crippen LogP contribution in [0.5, 0.6) is 0 Å². The first-order valence-corrected chi connectivity index (χ1v) is 9.59. The maximum Gasteiger partial charge on any atom is 0.313 e. The minimum absolute atomic E-state index is 0.104. The summed E-state index contributed by atoms with van der Waals surface area (Å²) in [5.41, 5.74) is 0.470. The molecule has 142 valence electrons. The molecule has 0 unspecified atom stereocenters. The molecule has 26 heavy (non-hydrogen) atoms. The van der Waals surface area contributed by atoms with Gasteiger partial charge in [0.15, 0.2) is 0 Å². The molecular formula is C21H29NO4. The van der Waals surface area contributed by atoms with Crippen LogP contribution in [0.15, 0.2) is 30.3 Å². The summed E-state index contributed by atoms with van der Waals surface area (Å²) in [5, 5.41) is 9.54. The Labute approximate surface area is 155 Å². The number of carbonyl (C=O) groups excluding carboxylic acids is 1. The van der Waals surface area contributed by atoms with Crippen molar-refractivity contribution in [1.82, 2.24) is 4.90 Å². The highest BCUT2D eigenvalue weighted by atomic mass is 16.5. The molecule has 1 N–H and O–H groups in total. The number of aliphatic carboxylic acids is 1. The van der Waals surface area contributed by atoms with Crippen LogP contribution in [-0.4, -0.2) is 48.7 Å². The van der Waals surface area contributed by atoms with E-state index >= 15 is 0 Å². The Morgan fingerprint density at radius 2 is 1.88 bits per heavy atom. The average molecular weight is 359 g/mol. The summed E-state index contributed by atoms with van der Waals surface area (Å²) >= 11 is 0. The number of carboxylic acids is 1. The summed E-state index contributed by atoms with van der Waals surface area (Å²) in [6, 6.07) is 10.6. The van der Waals surface area contributed by atoms with Crippen LogP contribution in [0, 0.1) is 11.3 Å². The Hall–Kier alpha value is -1.88. The quantitative estimate of drug-likeness (QED) is 0.846. The van der Waals surface area contributed by atoms with Crippen LogP contribution in [0.1, 0.15) is 50.0 Å². The third kappa shape index (κ3) is 4.09. The van der Waals surface area contributed by atoms with Crippen molar-refractivity contribution in [1.29, 1.82) is 0 Å². The second-order valence-electron chi connectivity index (χ2n) is 7.92. The van der Waals surface area contributed by atoms with E-state index in [4.69, 9.17) is 4.74 Å². The fourth-order valence-electron chi connectivity index (χ4n) is 4.52. The summed E-state index contributed by atoms with van der Waals surface area (Å²) in [4.78, 5) is 26.0. The molecule has 3 rings (SSSR count). The topological polar surface area (TPSA) is 66.8 Å². The van der Waals surface area contributed by atoms with Crippen molar-refractivity contribution in [3.8, 4) is 0 Å². The van der Waals surface area contributed by atoms with Crippen LogP contribution in [0.4, 0.5) is 0 Å². The predicted octanol–water partition coefficient (Wildman–Crippen LogP) is 3.30. The first-order chi connectivity index (χ1) is 12.5. The van der Waals surface area contributed by atoms with E-state index in [1.807, 2.05) is 6.07 Å². The van der Waals surface area contributed by atoms with Crippen molar-refractivity contribution in [2.45, 2.75) is 44.4 Å². The lowest BCUT2D eigenvalue weighted by Gasteiger charge is -2.30. The van der Waals surface area contributed by atoms with E-state index in [1.165, 1.54) is 12.7 Å². The number of carbonyl (C=O) groups is 2. The molecule has 5 nitrogen and oxygen atoms in total. The Kier molecular flexibility index (Phi) is 5.97. The second kappa shape index (κ2) is 8.21. The van der Waals surface area contributed by atoms with Crippen molar-refractivity contribution in [2.75, 3.05) is 26.8 Å². The predicted molar refractivity (Wildman–Crippen MR) is 98.9 cm³/mol. The summed E-state index contributed by atoms with van der Waals surface area (Å²) < 4.78 is 5.10. The van der Waals surface area contributed by atoms with Crippen LogP contribution in [0.2, 0.25) is 0 Å². The van der Waals surface area contributed by atoms with Gasteiger partial charge in [0.25, 0.3) is 0 Å². The van der Waals surface area contributed by atoms with E-state index in [9.17, 15) is 14.7 Å². The Bertz CT molecular complexity index is 624. The van der Waals surface area contributed by atoms with Crippen molar-refractivity contribution >= 4 is 11.9 Å². The number of likely N-dealkylation sites (tertiary alicyclic amines) is 1. The smallest absolute Gasteiger partial charge is 0.313 e. The van der Waals surface area contributed by atoms with Gasteiger partial charge in [-0.15, -0.1) is 0 Å². The lowest BCUT2D eigenvalue weighted by molar-refractivity contribution is -0.151. The molecule has 0 spiro atoms. The molecule has 1 saturated carbocycles. The first kappa shape index (κ1) is 18.9. The molecule has 1 atom stereocenters. The van der Waals surface area contributed by atoms with E-state index in [-0.39, 0.29) is 19.1 Å². The Morgan fingerprint density at radius 3 is 2.50 bits per heavy atom. The number of carboxylic acid groups (broad SMARTS) is 1. The largest absolute Gasteiger partial charge is 0.481 e. The molecule has 1 aromatic carbocycles. The molecule has 1 aliphatic heterocycles. The molecule has 2 aliphatic rings. The van der Waals surface area contributed by atoms with Crippen LogP contribution >= 0.6 is 0 Å².